The van der Waals surface area contributed by atoms with Crippen molar-refractivity contribution in [1.82, 2.24) is 4.90 Å². The van der Waals surface area contributed by atoms with Crippen molar-refractivity contribution < 1.29 is 9.94 Å². The van der Waals surface area contributed by atoms with Gasteiger partial charge in [0.05, 0.1) is 11.8 Å². The molecule has 0 heterocycles. The molecule has 0 radical (unpaired) electrons. The first-order valence-electron chi connectivity index (χ1n) is 4.94. The molecule has 4 heteroatoms. The van der Waals surface area contributed by atoms with Gasteiger partial charge in [-0.3, -0.25) is 10.3 Å². The summed E-state index contributed by atoms with van der Waals surface area (Å²) in [6.07, 6.45) is -0.476. The Kier molecular flexibility index (Phi) is 5.10. The van der Waals surface area contributed by atoms with Gasteiger partial charge < -0.3 is 10.0 Å². The van der Waals surface area contributed by atoms with Gasteiger partial charge in [0, 0.05) is 6.54 Å². The van der Waals surface area contributed by atoms with Gasteiger partial charge in [-0.05, 0) is 26.2 Å². The van der Waals surface area contributed by atoms with E-state index in [0.717, 1.165) is 5.69 Å². The highest BCUT2D eigenvalue weighted by atomic mass is 16.6. The predicted octanol–water partition coefficient (Wildman–Crippen LogP) is 0.953. The summed E-state index contributed by atoms with van der Waals surface area (Å²) in [5.74, 6) is 0. The lowest BCUT2D eigenvalue weighted by atomic mass is 10.3. The second-order valence-electron chi connectivity index (χ2n) is 3.70. The first-order valence-corrected chi connectivity index (χ1v) is 4.94. The number of aliphatic hydroxyl groups excluding tert-OH is 1. The van der Waals surface area contributed by atoms with Crippen molar-refractivity contribution in [2.24, 2.45) is 0 Å². The third-order valence-electron chi connectivity index (χ3n) is 1.82. The van der Waals surface area contributed by atoms with Gasteiger partial charge in [-0.2, -0.15) is 0 Å². The van der Waals surface area contributed by atoms with Crippen LogP contribution in [0.3, 0.4) is 0 Å². The molecule has 0 spiro atoms. The van der Waals surface area contributed by atoms with Crippen LogP contribution < -0.4 is 5.48 Å². The number of anilines is 1. The van der Waals surface area contributed by atoms with Crippen LogP contribution in [0.1, 0.15) is 0 Å². The van der Waals surface area contributed by atoms with Gasteiger partial charge in [-0.25, -0.2) is 0 Å². The van der Waals surface area contributed by atoms with E-state index >= 15 is 0 Å². The van der Waals surface area contributed by atoms with E-state index in [4.69, 9.17) is 4.84 Å². The minimum Gasteiger partial charge on any atom is -0.389 e. The average molecular weight is 210 g/mol. The first kappa shape index (κ1) is 12.0. The molecule has 0 aliphatic carbocycles. The second-order valence-corrected chi connectivity index (χ2v) is 3.70. The fourth-order valence-corrected chi connectivity index (χ4v) is 1.20. The van der Waals surface area contributed by atoms with Crippen LogP contribution in [0.2, 0.25) is 0 Å². The van der Waals surface area contributed by atoms with E-state index < -0.39 is 6.10 Å². The number of hydrogen-bond donors (Lipinski definition) is 2. The molecule has 2 N–H and O–H groups in total. The van der Waals surface area contributed by atoms with Crippen LogP contribution in [-0.2, 0) is 4.84 Å². The Balaban J connectivity index is 2.16. The summed E-state index contributed by atoms with van der Waals surface area (Å²) in [5, 5.41) is 9.49. The van der Waals surface area contributed by atoms with Crippen LogP contribution in [0.15, 0.2) is 30.3 Å². The monoisotopic (exact) mass is 210 g/mol. The number of nitrogens with one attached hydrogen (secondary N) is 1. The van der Waals surface area contributed by atoms with Gasteiger partial charge in [0.15, 0.2) is 0 Å². The smallest absolute Gasteiger partial charge is 0.102 e. The zero-order valence-electron chi connectivity index (χ0n) is 9.18. The van der Waals surface area contributed by atoms with Crippen LogP contribution in [0, 0.1) is 0 Å². The molecule has 0 amide bonds. The van der Waals surface area contributed by atoms with Gasteiger partial charge >= 0.3 is 0 Å². The number of nitrogens with zero attached hydrogens (tertiary/aromatic N) is 1. The molecule has 1 aromatic carbocycles. The number of rotatable bonds is 6. The lowest BCUT2D eigenvalue weighted by Crippen LogP contribution is -2.30. The Morgan fingerprint density at radius 3 is 2.60 bits per heavy atom. The average Bonchev–Trinajstić information content (AvgIpc) is 2.18. The van der Waals surface area contributed by atoms with E-state index in [1.807, 2.05) is 49.3 Å². The van der Waals surface area contributed by atoms with Gasteiger partial charge in [-0.1, -0.05) is 18.2 Å². The van der Waals surface area contributed by atoms with E-state index in [-0.39, 0.29) is 6.61 Å². The highest BCUT2D eigenvalue weighted by Crippen LogP contribution is 2.04. The van der Waals surface area contributed by atoms with Crippen LogP contribution in [0.5, 0.6) is 0 Å². The van der Waals surface area contributed by atoms with Crippen LogP contribution >= 0.6 is 0 Å². The molecule has 84 valence electrons. The minimum absolute atomic E-state index is 0.271. The van der Waals surface area contributed by atoms with E-state index in [2.05, 4.69) is 5.48 Å². The van der Waals surface area contributed by atoms with Crippen molar-refractivity contribution in [3.05, 3.63) is 30.3 Å². The van der Waals surface area contributed by atoms with Crippen LogP contribution in [0.25, 0.3) is 0 Å². The van der Waals surface area contributed by atoms with Crippen molar-refractivity contribution in [2.75, 3.05) is 32.7 Å². The lowest BCUT2D eigenvalue weighted by Gasteiger charge is -2.16. The standard InChI is InChI=1S/C11H18N2O2/c1-13(2)8-11(14)9-15-12-10-6-4-3-5-7-10/h3-7,11-12,14H,8-9H2,1-2H3. The lowest BCUT2D eigenvalue weighted by molar-refractivity contribution is 0.0467. The van der Waals surface area contributed by atoms with Crippen LogP contribution in [-0.4, -0.2) is 43.4 Å². The Hall–Kier alpha value is -1.10. The molecule has 0 aromatic heterocycles. The summed E-state index contributed by atoms with van der Waals surface area (Å²) < 4.78 is 0. The molecule has 0 saturated heterocycles. The van der Waals surface area contributed by atoms with E-state index in [1.165, 1.54) is 0 Å². The Morgan fingerprint density at radius 1 is 1.33 bits per heavy atom. The molecule has 0 aliphatic rings. The molecular formula is C11H18N2O2. The summed E-state index contributed by atoms with van der Waals surface area (Å²) in [7, 11) is 3.82. The Bertz CT molecular complexity index is 265. The maximum atomic E-state index is 9.49. The number of para-hydroxylation sites is 1. The Morgan fingerprint density at radius 2 is 2.00 bits per heavy atom. The zero-order chi connectivity index (χ0) is 11.1. The maximum Gasteiger partial charge on any atom is 0.102 e. The number of hydrogen-bond acceptors (Lipinski definition) is 4. The maximum absolute atomic E-state index is 9.49. The number of likely N-dealkylation sites (N-methyl/N-ethyl adjacent to an activating group) is 1. The van der Waals surface area contributed by atoms with E-state index in [0.29, 0.717) is 6.54 Å². The first-order chi connectivity index (χ1) is 7.18. The molecule has 0 saturated carbocycles. The van der Waals surface area contributed by atoms with Crippen molar-refractivity contribution >= 4 is 5.69 Å². The Labute approximate surface area is 90.4 Å². The minimum atomic E-state index is -0.476. The zero-order valence-corrected chi connectivity index (χ0v) is 9.18. The molecule has 0 aliphatic heterocycles. The summed E-state index contributed by atoms with van der Waals surface area (Å²) in [6, 6.07) is 9.58. The third-order valence-corrected chi connectivity index (χ3v) is 1.82. The molecule has 1 atom stereocenters. The normalized spacial score (nSPS) is 12.8. The SMILES string of the molecule is CN(C)CC(O)CONc1ccccc1. The molecule has 1 unspecified atom stereocenters. The molecule has 0 fully saturated rings. The quantitative estimate of drug-likeness (QED) is 0.686. The summed E-state index contributed by atoms with van der Waals surface area (Å²) in [6.45, 7) is 0.865. The fourth-order valence-electron chi connectivity index (χ4n) is 1.20. The summed E-state index contributed by atoms with van der Waals surface area (Å²) >= 11 is 0. The largest absolute Gasteiger partial charge is 0.389 e. The van der Waals surface area contributed by atoms with Crippen molar-refractivity contribution in [1.29, 1.82) is 0 Å². The third kappa shape index (κ3) is 5.37. The van der Waals surface area contributed by atoms with Gasteiger partial charge in [0.25, 0.3) is 0 Å². The van der Waals surface area contributed by atoms with Crippen LogP contribution in [0.4, 0.5) is 5.69 Å². The van der Waals surface area contributed by atoms with Gasteiger partial charge in [-0.15, -0.1) is 0 Å². The number of aliphatic hydroxyl groups is 1. The fraction of sp³-hybridized carbons (Fsp3) is 0.455. The van der Waals surface area contributed by atoms with Crippen molar-refractivity contribution in [3.63, 3.8) is 0 Å². The molecule has 0 bridgehead atoms. The number of benzene rings is 1. The predicted molar refractivity (Wildman–Crippen MR) is 60.6 cm³/mol. The molecule has 15 heavy (non-hydrogen) atoms. The molecule has 1 rings (SSSR count). The van der Waals surface area contributed by atoms with E-state index in [9.17, 15) is 5.11 Å². The highest BCUT2D eigenvalue weighted by molar-refractivity contribution is 5.39. The molecule has 1 aromatic rings. The summed E-state index contributed by atoms with van der Waals surface area (Å²) in [4.78, 5) is 7.07. The topological polar surface area (TPSA) is 44.7 Å². The highest BCUT2D eigenvalue weighted by Gasteiger charge is 2.05. The van der Waals surface area contributed by atoms with Crippen molar-refractivity contribution in [3.8, 4) is 0 Å². The molecular weight excluding hydrogens is 192 g/mol. The molecule has 4 nitrogen and oxygen atoms in total. The summed E-state index contributed by atoms with van der Waals surface area (Å²) in [5.41, 5.74) is 3.65. The van der Waals surface area contributed by atoms with Gasteiger partial charge in [0.1, 0.15) is 6.61 Å². The van der Waals surface area contributed by atoms with Gasteiger partial charge in [0.2, 0.25) is 0 Å². The van der Waals surface area contributed by atoms with E-state index in [1.54, 1.807) is 0 Å². The van der Waals surface area contributed by atoms with Crippen molar-refractivity contribution in [2.45, 2.75) is 6.10 Å². The second kappa shape index (κ2) is 6.40.